The van der Waals surface area contributed by atoms with E-state index in [4.69, 9.17) is 4.42 Å². The molecule has 0 saturated carbocycles. The molecule has 1 aromatic rings. The summed E-state index contributed by atoms with van der Waals surface area (Å²) in [6.07, 6.45) is 0.331. The third-order valence-corrected chi connectivity index (χ3v) is 3.48. The van der Waals surface area contributed by atoms with Crippen LogP contribution in [0.4, 0.5) is 0 Å². The highest BCUT2D eigenvalue weighted by Gasteiger charge is 2.37. The third-order valence-electron chi connectivity index (χ3n) is 3.48. The molecular formula is C15H22N2O3. The Kier molecular flexibility index (Phi) is 3.88. The summed E-state index contributed by atoms with van der Waals surface area (Å²) >= 11 is 0. The van der Waals surface area contributed by atoms with Crippen molar-refractivity contribution in [2.45, 2.75) is 46.7 Å². The summed E-state index contributed by atoms with van der Waals surface area (Å²) in [5.41, 5.74) is -0.311. The first-order valence-electron chi connectivity index (χ1n) is 6.91. The van der Waals surface area contributed by atoms with Crippen molar-refractivity contribution in [3.8, 4) is 0 Å². The second-order valence-electron chi connectivity index (χ2n) is 6.39. The number of nitrogens with zero attached hydrogens (tertiary/aromatic N) is 1. The van der Waals surface area contributed by atoms with E-state index in [1.165, 1.54) is 0 Å². The van der Waals surface area contributed by atoms with E-state index in [9.17, 15) is 9.59 Å². The van der Waals surface area contributed by atoms with Crippen LogP contribution in [0.15, 0.2) is 16.5 Å². The molecule has 5 heteroatoms. The first-order valence-corrected chi connectivity index (χ1v) is 6.91. The van der Waals surface area contributed by atoms with Gasteiger partial charge in [0.1, 0.15) is 17.6 Å². The van der Waals surface area contributed by atoms with Crippen LogP contribution in [-0.4, -0.2) is 29.3 Å². The normalized spacial score (nSPS) is 20.8. The van der Waals surface area contributed by atoms with Crippen LogP contribution < -0.4 is 5.32 Å². The molecular weight excluding hydrogens is 256 g/mol. The van der Waals surface area contributed by atoms with Crippen molar-refractivity contribution >= 4 is 11.8 Å². The number of furan rings is 1. The second-order valence-corrected chi connectivity index (χ2v) is 6.39. The predicted octanol–water partition coefficient (Wildman–Crippen LogP) is 1.85. The smallest absolute Gasteiger partial charge is 0.246 e. The summed E-state index contributed by atoms with van der Waals surface area (Å²) in [4.78, 5) is 26.1. The minimum atomic E-state index is -0.492. The standard InChI is InChI=1S/C15H22N2O3/c1-10-5-6-11(20-10)9-17-8-7-12(18)16-13(14(17)19)15(2,3)4/h5-6,13H,7-9H2,1-4H3,(H,16,18). The number of carbonyl (C=O) groups excluding carboxylic acids is 2. The average Bonchev–Trinajstić information content (AvgIpc) is 2.68. The molecule has 1 N–H and O–H groups in total. The average molecular weight is 278 g/mol. The number of carbonyl (C=O) groups is 2. The Bertz CT molecular complexity index is 513. The summed E-state index contributed by atoms with van der Waals surface area (Å²) in [6.45, 7) is 8.57. The van der Waals surface area contributed by atoms with Crippen molar-refractivity contribution in [3.05, 3.63) is 23.7 Å². The fourth-order valence-electron chi connectivity index (χ4n) is 2.33. The number of rotatable bonds is 2. The van der Waals surface area contributed by atoms with Gasteiger partial charge in [0.05, 0.1) is 6.54 Å². The maximum Gasteiger partial charge on any atom is 0.246 e. The van der Waals surface area contributed by atoms with E-state index in [0.29, 0.717) is 19.5 Å². The van der Waals surface area contributed by atoms with Crippen molar-refractivity contribution in [3.63, 3.8) is 0 Å². The lowest BCUT2D eigenvalue weighted by Crippen LogP contribution is -2.51. The molecule has 20 heavy (non-hydrogen) atoms. The van der Waals surface area contributed by atoms with Crippen LogP contribution in [0.1, 0.15) is 38.7 Å². The van der Waals surface area contributed by atoms with Crippen LogP contribution in [0.2, 0.25) is 0 Å². The SMILES string of the molecule is Cc1ccc(CN2CCC(=O)NC(C(C)(C)C)C2=O)o1. The molecule has 0 aromatic carbocycles. The summed E-state index contributed by atoms with van der Waals surface area (Å²) in [5.74, 6) is 1.45. The molecule has 1 aliphatic heterocycles. The third kappa shape index (κ3) is 3.21. The Morgan fingerprint density at radius 2 is 2.05 bits per heavy atom. The van der Waals surface area contributed by atoms with Crippen molar-refractivity contribution in [1.29, 1.82) is 0 Å². The highest BCUT2D eigenvalue weighted by Crippen LogP contribution is 2.24. The molecule has 1 atom stereocenters. The van der Waals surface area contributed by atoms with E-state index in [-0.39, 0.29) is 17.2 Å². The lowest BCUT2D eigenvalue weighted by atomic mass is 9.86. The zero-order valence-electron chi connectivity index (χ0n) is 12.5. The van der Waals surface area contributed by atoms with Gasteiger partial charge in [-0.25, -0.2) is 0 Å². The highest BCUT2D eigenvalue weighted by atomic mass is 16.3. The summed E-state index contributed by atoms with van der Waals surface area (Å²) in [6, 6.07) is 3.26. The molecule has 0 aliphatic carbocycles. The van der Waals surface area contributed by atoms with Crippen LogP contribution in [0.25, 0.3) is 0 Å². The van der Waals surface area contributed by atoms with E-state index >= 15 is 0 Å². The topological polar surface area (TPSA) is 62.6 Å². The van der Waals surface area contributed by atoms with Gasteiger partial charge >= 0.3 is 0 Å². The van der Waals surface area contributed by atoms with Gasteiger partial charge in [-0.1, -0.05) is 20.8 Å². The van der Waals surface area contributed by atoms with Gasteiger partial charge in [0.15, 0.2) is 0 Å². The summed E-state index contributed by atoms with van der Waals surface area (Å²) in [5, 5.41) is 2.83. The second kappa shape index (κ2) is 5.31. The molecule has 2 rings (SSSR count). The van der Waals surface area contributed by atoms with Crippen molar-refractivity contribution in [2.75, 3.05) is 6.54 Å². The molecule has 110 valence electrons. The molecule has 1 aromatic heterocycles. The quantitative estimate of drug-likeness (QED) is 0.898. The van der Waals surface area contributed by atoms with Crippen molar-refractivity contribution < 1.29 is 14.0 Å². The van der Waals surface area contributed by atoms with Gasteiger partial charge in [-0.3, -0.25) is 9.59 Å². The number of hydrogen-bond acceptors (Lipinski definition) is 3. The Hall–Kier alpha value is -1.78. The van der Waals surface area contributed by atoms with Crippen molar-refractivity contribution in [2.24, 2.45) is 5.41 Å². The lowest BCUT2D eigenvalue weighted by molar-refractivity contribution is -0.137. The van der Waals surface area contributed by atoms with E-state index in [0.717, 1.165) is 11.5 Å². The largest absolute Gasteiger partial charge is 0.464 e. The van der Waals surface area contributed by atoms with Gasteiger partial charge in [-0.15, -0.1) is 0 Å². The predicted molar refractivity (Wildman–Crippen MR) is 74.9 cm³/mol. The van der Waals surface area contributed by atoms with Gasteiger partial charge in [0.2, 0.25) is 11.8 Å². The zero-order chi connectivity index (χ0) is 14.9. The van der Waals surface area contributed by atoms with E-state index in [2.05, 4.69) is 5.32 Å². The number of amides is 2. The Balaban J connectivity index is 2.19. The molecule has 0 bridgehead atoms. The molecule has 1 saturated heterocycles. The van der Waals surface area contributed by atoms with Crippen LogP contribution >= 0.6 is 0 Å². The van der Waals surface area contributed by atoms with Crippen LogP contribution in [0.3, 0.4) is 0 Å². The Morgan fingerprint density at radius 1 is 1.35 bits per heavy atom. The van der Waals surface area contributed by atoms with E-state index in [1.54, 1.807) is 4.90 Å². The minimum absolute atomic E-state index is 0.0441. The van der Waals surface area contributed by atoms with Gasteiger partial charge in [-0.2, -0.15) is 0 Å². The van der Waals surface area contributed by atoms with E-state index < -0.39 is 6.04 Å². The van der Waals surface area contributed by atoms with Crippen molar-refractivity contribution in [1.82, 2.24) is 10.2 Å². The number of nitrogens with one attached hydrogen (secondary N) is 1. The highest BCUT2D eigenvalue weighted by molar-refractivity contribution is 5.90. The first-order chi connectivity index (χ1) is 9.27. The molecule has 5 nitrogen and oxygen atoms in total. The van der Waals surface area contributed by atoms with Gasteiger partial charge in [-0.05, 0) is 24.5 Å². The maximum absolute atomic E-state index is 12.6. The number of aryl methyl sites for hydroxylation is 1. The molecule has 2 amide bonds. The van der Waals surface area contributed by atoms with Gasteiger partial charge in [0, 0.05) is 13.0 Å². The van der Waals surface area contributed by atoms with Crippen LogP contribution in [0, 0.1) is 12.3 Å². The van der Waals surface area contributed by atoms with Gasteiger partial charge in [0.25, 0.3) is 0 Å². The molecule has 0 radical (unpaired) electrons. The summed E-state index contributed by atoms with van der Waals surface area (Å²) < 4.78 is 5.52. The molecule has 0 spiro atoms. The molecule has 2 heterocycles. The van der Waals surface area contributed by atoms with Crippen LogP contribution in [0.5, 0.6) is 0 Å². The minimum Gasteiger partial charge on any atom is -0.464 e. The lowest BCUT2D eigenvalue weighted by Gasteiger charge is -2.32. The maximum atomic E-state index is 12.6. The van der Waals surface area contributed by atoms with E-state index in [1.807, 2.05) is 39.8 Å². The molecule has 1 unspecified atom stereocenters. The summed E-state index contributed by atoms with van der Waals surface area (Å²) in [7, 11) is 0. The molecule has 1 aliphatic rings. The monoisotopic (exact) mass is 278 g/mol. The first kappa shape index (κ1) is 14.6. The fourth-order valence-corrected chi connectivity index (χ4v) is 2.33. The Morgan fingerprint density at radius 3 is 2.60 bits per heavy atom. The van der Waals surface area contributed by atoms with Gasteiger partial charge < -0.3 is 14.6 Å². The van der Waals surface area contributed by atoms with Crippen LogP contribution in [-0.2, 0) is 16.1 Å². The number of hydrogen-bond donors (Lipinski definition) is 1. The Labute approximate surface area is 119 Å². The molecule has 1 fully saturated rings. The zero-order valence-corrected chi connectivity index (χ0v) is 12.5. The fraction of sp³-hybridized carbons (Fsp3) is 0.600.